The van der Waals surface area contributed by atoms with E-state index in [0.717, 1.165) is 6.07 Å². The number of aliphatic hydroxyl groups is 1. The number of halogens is 2. The molecule has 13 heavy (non-hydrogen) atoms. The largest absolute Gasteiger partial charge is 0.479 e. The van der Waals surface area contributed by atoms with Crippen LogP contribution in [0.2, 0.25) is 0 Å². The Kier molecular flexibility index (Phi) is 3.15. The average Bonchev–Trinajstić information content (AvgIpc) is 2.01. The quantitative estimate of drug-likeness (QED) is 0.629. The van der Waals surface area contributed by atoms with Crippen molar-refractivity contribution in [1.82, 2.24) is 4.98 Å². The molecule has 1 atom stereocenters. The summed E-state index contributed by atoms with van der Waals surface area (Å²) in [5.41, 5.74) is -0.00981. The van der Waals surface area contributed by atoms with E-state index in [0.29, 0.717) is 3.70 Å². The molecule has 0 aliphatic carbocycles. The van der Waals surface area contributed by atoms with Gasteiger partial charge in [0.05, 0.1) is 0 Å². The summed E-state index contributed by atoms with van der Waals surface area (Å²) >= 11 is 1.73. The second-order valence-electron chi connectivity index (χ2n) is 2.29. The number of carboxylic acids is 1. The molecule has 1 aromatic heterocycles. The topological polar surface area (TPSA) is 70.4 Å². The van der Waals surface area contributed by atoms with Gasteiger partial charge in [0.2, 0.25) is 5.95 Å². The smallest absolute Gasteiger partial charge is 0.337 e. The van der Waals surface area contributed by atoms with Crippen LogP contribution < -0.4 is 0 Å². The molecule has 1 rings (SSSR count). The molecule has 0 aliphatic rings. The molecular weight excluding hydrogens is 292 g/mol. The maximum Gasteiger partial charge on any atom is 0.337 e. The molecule has 0 radical (unpaired) electrons. The highest BCUT2D eigenvalue weighted by atomic mass is 127. The van der Waals surface area contributed by atoms with E-state index in [1.807, 2.05) is 0 Å². The first-order valence-corrected chi connectivity index (χ1v) is 4.32. The Labute approximate surface area is 86.6 Å². The molecule has 0 aromatic carbocycles. The molecule has 0 aliphatic heterocycles. The third-order valence-electron chi connectivity index (χ3n) is 1.33. The number of pyridine rings is 1. The van der Waals surface area contributed by atoms with E-state index >= 15 is 0 Å². The maximum absolute atomic E-state index is 12.6. The molecule has 0 saturated heterocycles. The number of aromatic nitrogens is 1. The molecule has 0 bridgehead atoms. The van der Waals surface area contributed by atoms with Crippen LogP contribution in [0.4, 0.5) is 4.39 Å². The Morgan fingerprint density at radius 1 is 1.62 bits per heavy atom. The first kappa shape index (κ1) is 10.3. The monoisotopic (exact) mass is 297 g/mol. The normalized spacial score (nSPS) is 12.5. The standard InChI is InChI=1S/C7H5FINO3/c8-4-1-3(2-5(9)10-4)6(11)7(12)13/h1-2,6,11H,(H,12,13). The van der Waals surface area contributed by atoms with Crippen molar-refractivity contribution in [3.63, 3.8) is 0 Å². The highest BCUT2D eigenvalue weighted by molar-refractivity contribution is 14.1. The van der Waals surface area contributed by atoms with Crippen LogP contribution in [-0.4, -0.2) is 21.2 Å². The molecule has 0 spiro atoms. The zero-order valence-corrected chi connectivity index (χ0v) is 8.40. The number of carboxylic acid groups (broad SMARTS) is 1. The zero-order valence-electron chi connectivity index (χ0n) is 6.24. The number of hydrogen-bond donors (Lipinski definition) is 2. The van der Waals surface area contributed by atoms with Crippen LogP contribution in [-0.2, 0) is 4.79 Å². The van der Waals surface area contributed by atoms with Crippen LogP contribution in [0.5, 0.6) is 0 Å². The van der Waals surface area contributed by atoms with Gasteiger partial charge in [0.1, 0.15) is 3.70 Å². The van der Waals surface area contributed by atoms with E-state index in [4.69, 9.17) is 10.2 Å². The van der Waals surface area contributed by atoms with Crippen molar-refractivity contribution >= 4 is 28.6 Å². The van der Waals surface area contributed by atoms with Crippen molar-refractivity contribution in [2.75, 3.05) is 0 Å². The minimum Gasteiger partial charge on any atom is -0.479 e. The van der Waals surface area contributed by atoms with Crippen molar-refractivity contribution in [1.29, 1.82) is 0 Å². The van der Waals surface area contributed by atoms with E-state index < -0.39 is 18.0 Å². The number of aliphatic hydroxyl groups excluding tert-OH is 1. The first-order valence-electron chi connectivity index (χ1n) is 3.24. The van der Waals surface area contributed by atoms with E-state index in [2.05, 4.69) is 4.98 Å². The van der Waals surface area contributed by atoms with Gasteiger partial charge in [0.25, 0.3) is 0 Å². The van der Waals surface area contributed by atoms with Crippen LogP contribution in [0.25, 0.3) is 0 Å². The Hall–Kier alpha value is -0.760. The molecular formula is C7H5FINO3. The molecule has 4 nitrogen and oxygen atoms in total. The summed E-state index contributed by atoms with van der Waals surface area (Å²) in [6, 6.07) is 2.20. The van der Waals surface area contributed by atoms with Gasteiger partial charge in [-0.2, -0.15) is 4.39 Å². The van der Waals surface area contributed by atoms with Crippen LogP contribution in [0.1, 0.15) is 11.7 Å². The third kappa shape index (κ3) is 2.59. The van der Waals surface area contributed by atoms with Crippen LogP contribution in [0.3, 0.4) is 0 Å². The summed E-state index contributed by atoms with van der Waals surface area (Å²) in [4.78, 5) is 13.7. The minimum absolute atomic E-state index is 0.00981. The lowest BCUT2D eigenvalue weighted by Gasteiger charge is -2.05. The van der Waals surface area contributed by atoms with Gasteiger partial charge in [-0.05, 0) is 40.3 Å². The Bertz CT molecular complexity index is 324. The van der Waals surface area contributed by atoms with Gasteiger partial charge in [0.15, 0.2) is 6.10 Å². The Morgan fingerprint density at radius 3 is 2.69 bits per heavy atom. The molecule has 70 valence electrons. The first-order chi connectivity index (χ1) is 6.00. The van der Waals surface area contributed by atoms with Gasteiger partial charge in [-0.1, -0.05) is 0 Å². The van der Waals surface area contributed by atoms with Crippen molar-refractivity contribution < 1.29 is 19.4 Å². The number of rotatable bonds is 2. The fourth-order valence-corrected chi connectivity index (χ4v) is 1.37. The van der Waals surface area contributed by atoms with Crippen molar-refractivity contribution in [2.24, 2.45) is 0 Å². The summed E-state index contributed by atoms with van der Waals surface area (Å²) in [5, 5.41) is 17.5. The molecule has 6 heteroatoms. The van der Waals surface area contributed by atoms with Crippen molar-refractivity contribution in [3.05, 3.63) is 27.3 Å². The number of carbonyl (C=O) groups is 1. The van der Waals surface area contributed by atoms with Crippen LogP contribution in [0.15, 0.2) is 12.1 Å². The fourth-order valence-electron chi connectivity index (χ4n) is 0.784. The summed E-state index contributed by atoms with van der Waals surface area (Å²) in [6.07, 6.45) is -1.70. The number of aliphatic carboxylic acids is 1. The van der Waals surface area contributed by atoms with E-state index in [1.165, 1.54) is 6.07 Å². The van der Waals surface area contributed by atoms with E-state index in [9.17, 15) is 9.18 Å². The second kappa shape index (κ2) is 3.97. The third-order valence-corrected chi connectivity index (χ3v) is 1.89. The Morgan fingerprint density at radius 2 is 2.23 bits per heavy atom. The molecule has 0 saturated carbocycles. The lowest BCUT2D eigenvalue weighted by Crippen LogP contribution is -2.11. The van der Waals surface area contributed by atoms with E-state index in [-0.39, 0.29) is 5.56 Å². The van der Waals surface area contributed by atoms with Crippen LogP contribution in [0, 0.1) is 9.65 Å². The molecule has 1 unspecified atom stereocenters. The SMILES string of the molecule is O=C(O)C(O)c1cc(F)nc(I)c1. The molecule has 0 amide bonds. The van der Waals surface area contributed by atoms with Gasteiger partial charge >= 0.3 is 5.97 Å². The van der Waals surface area contributed by atoms with Gasteiger partial charge < -0.3 is 10.2 Å². The van der Waals surface area contributed by atoms with Gasteiger partial charge in [0, 0.05) is 0 Å². The number of hydrogen-bond acceptors (Lipinski definition) is 3. The van der Waals surface area contributed by atoms with Crippen molar-refractivity contribution in [3.8, 4) is 0 Å². The molecule has 2 N–H and O–H groups in total. The van der Waals surface area contributed by atoms with E-state index in [1.54, 1.807) is 22.6 Å². The summed E-state index contributed by atoms with van der Waals surface area (Å²) < 4.78 is 12.9. The maximum atomic E-state index is 12.6. The number of nitrogens with zero attached hydrogens (tertiary/aromatic N) is 1. The molecule has 1 heterocycles. The lowest BCUT2D eigenvalue weighted by atomic mass is 10.1. The fraction of sp³-hybridized carbons (Fsp3) is 0.143. The zero-order chi connectivity index (χ0) is 10.0. The predicted octanol–water partition coefficient (Wildman–Crippen LogP) is 0.943. The lowest BCUT2D eigenvalue weighted by molar-refractivity contribution is -0.146. The van der Waals surface area contributed by atoms with Gasteiger partial charge in [-0.25, -0.2) is 9.78 Å². The predicted molar refractivity (Wildman–Crippen MR) is 49.5 cm³/mol. The average molecular weight is 297 g/mol. The minimum atomic E-state index is -1.70. The summed E-state index contributed by atoms with van der Waals surface area (Å²) in [5.74, 6) is -2.22. The highest BCUT2D eigenvalue weighted by Gasteiger charge is 2.17. The van der Waals surface area contributed by atoms with Gasteiger partial charge in [-0.3, -0.25) is 0 Å². The summed E-state index contributed by atoms with van der Waals surface area (Å²) in [6.45, 7) is 0. The molecule has 0 fully saturated rings. The Balaban J connectivity index is 3.07. The van der Waals surface area contributed by atoms with Crippen molar-refractivity contribution in [2.45, 2.75) is 6.10 Å². The summed E-state index contributed by atoms with van der Waals surface area (Å²) in [7, 11) is 0. The van der Waals surface area contributed by atoms with Gasteiger partial charge in [-0.15, -0.1) is 0 Å². The molecule has 1 aromatic rings. The second-order valence-corrected chi connectivity index (χ2v) is 3.39. The van der Waals surface area contributed by atoms with Crippen LogP contribution >= 0.6 is 22.6 Å². The highest BCUT2D eigenvalue weighted by Crippen LogP contribution is 2.15.